The Hall–Kier alpha value is -1.92. The number of hydrogen-bond donors (Lipinski definition) is 0. The average Bonchev–Trinajstić information content (AvgIpc) is 3.09. The fourth-order valence-electron chi connectivity index (χ4n) is 3.05. The molecule has 6 heteroatoms. The molecule has 1 aliphatic rings. The highest BCUT2D eigenvalue weighted by molar-refractivity contribution is 5.37. The molecular formula is C17H24N4O2. The summed E-state index contributed by atoms with van der Waals surface area (Å²) in [5, 5.41) is 4.18. The van der Waals surface area contributed by atoms with E-state index in [1.807, 2.05) is 10.7 Å². The summed E-state index contributed by atoms with van der Waals surface area (Å²) in [5.41, 5.74) is 2.41. The third-order valence-corrected chi connectivity index (χ3v) is 4.35. The predicted molar refractivity (Wildman–Crippen MR) is 87.4 cm³/mol. The van der Waals surface area contributed by atoms with Gasteiger partial charge in [0.25, 0.3) is 0 Å². The molecule has 124 valence electrons. The molecule has 0 radical (unpaired) electrons. The van der Waals surface area contributed by atoms with E-state index in [0.29, 0.717) is 12.6 Å². The van der Waals surface area contributed by atoms with Crippen LogP contribution in [-0.4, -0.2) is 52.6 Å². The van der Waals surface area contributed by atoms with E-state index in [1.54, 1.807) is 19.8 Å². The summed E-state index contributed by atoms with van der Waals surface area (Å²) >= 11 is 0. The molecule has 6 nitrogen and oxygen atoms in total. The van der Waals surface area contributed by atoms with Crippen LogP contribution in [-0.2, 0) is 17.8 Å². The molecular weight excluding hydrogens is 292 g/mol. The third kappa shape index (κ3) is 3.89. The standard InChI is InChI=1S/C17H24N4O2/c1-3-16-11-23-7-6-20(16)9-14-4-5-17(22-2)15(8-14)10-21-13-18-12-19-21/h4-5,8,12-13,16H,3,6-7,9-11H2,1-2H3/t16-/m0/s1. The van der Waals surface area contributed by atoms with E-state index < -0.39 is 0 Å². The number of ether oxygens (including phenoxy) is 2. The maximum absolute atomic E-state index is 5.59. The number of methoxy groups -OCH3 is 1. The van der Waals surface area contributed by atoms with Crippen molar-refractivity contribution in [2.24, 2.45) is 0 Å². The molecule has 0 saturated carbocycles. The summed E-state index contributed by atoms with van der Waals surface area (Å²) in [7, 11) is 1.70. The Morgan fingerprint density at radius 1 is 1.35 bits per heavy atom. The molecule has 0 bridgehead atoms. The Balaban J connectivity index is 1.77. The van der Waals surface area contributed by atoms with Gasteiger partial charge in [-0.05, 0) is 24.1 Å². The van der Waals surface area contributed by atoms with Crippen molar-refractivity contribution in [1.82, 2.24) is 19.7 Å². The van der Waals surface area contributed by atoms with Crippen LogP contribution in [0.15, 0.2) is 30.9 Å². The van der Waals surface area contributed by atoms with Crippen molar-refractivity contribution in [3.8, 4) is 5.75 Å². The van der Waals surface area contributed by atoms with Crippen molar-refractivity contribution in [2.45, 2.75) is 32.5 Å². The van der Waals surface area contributed by atoms with Gasteiger partial charge in [-0.1, -0.05) is 13.0 Å². The van der Waals surface area contributed by atoms with Gasteiger partial charge in [0.15, 0.2) is 0 Å². The van der Waals surface area contributed by atoms with E-state index >= 15 is 0 Å². The highest BCUT2D eigenvalue weighted by atomic mass is 16.5. The van der Waals surface area contributed by atoms with E-state index in [1.165, 1.54) is 5.56 Å². The molecule has 2 aromatic rings. The second kappa shape index (κ2) is 7.57. The normalized spacial score (nSPS) is 19.0. The molecule has 0 unspecified atom stereocenters. The zero-order valence-electron chi connectivity index (χ0n) is 13.8. The Bertz CT molecular complexity index is 615. The van der Waals surface area contributed by atoms with Gasteiger partial charge in [-0.3, -0.25) is 4.90 Å². The summed E-state index contributed by atoms with van der Waals surface area (Å²) in [5.74, 6) is 0.887. The van der Waals surface area contributed by atoms with Crippen LogP contribution < -0.4 is 4.74 Å². The lowest BCUT2D eigenvalue weighted by atomic mass is 10.1. The summed E-state index contributed by atoms with van der Waals surface area (Å²) in [4.78, 5) is 6.50. The van der Waals surface area contributed by atoms with Crippen LogP contribution in [0.25, 0.3) is 0 Å². The van der Waals surface area contributed by atoms with Gasteiger partial charge in [0.2, 0.25) is 0 Å². The van der Waals surface area contributed by atoms with Gasteiger partial charge < -0.3 is 9.47 Å². The Morgan fingerprint density at radius 2 is 2.26 bits per heavy atom. The highest BCUT2D eigenvalue weighted by Gasteiger charge is 2.21. The van der Waals surface area contributed by atoms with Gasteiger partial charge in [0.1, 0.15) is 18.4 Å². The van der Waals surface area contributed by atoms with Crippen molar-refractivity contribution < 1.29 is 9.47 Å². The molecule has 1 atom stereocenters. The first-order valence-electron chi connectivity index (χ1n) is 8.10. The Morgan fingerprint density at radius 3 is 3.00 bits per heavy atom. The van der Waals surface area contributed by atoms with Crippen molar-refractivity contribution in [1.29, 1.82) is 0 Å². The fraction of sp³-hybridized carbons (Fsp3) is 0.529. The van der Waals surface area contributed by atoms with Crippen LogP contribution in [0.4, 0.5) is 0 Å². The lowest BCUT2D eigenvalue weighted by Gasteiger charge is -2.35. The molecule has 1 aliphatic heterocycles. The number of rotatable bonds is 6. The molecule has 3 rings (SSSR count). The maximum Gasteiger partial charge on any atom is 0.137 e. The van der Waals surface area contributed by atoms with Gasteiger partial charge in [-0.15, -0.1) is 0 Å². The second-order valence-electron chi connectivity index (χ2n) is 5.85. The molecule has 23 heavy (non-hydrogen) atoms. The molecule has 1 aromatic carbocycles. The predicted octanol–water partition coefficient (Wildman–Crippen LogP) is 1.95. The fourth-order valence-corrected chi connectivity index (χ4v) is 3.05. The van der Waals surface area contributed by atoms with E-state index in [-0.39, 0.29) is 0 Å². The quantitative estimate of drug-likeness (QED) is 0.815. The zero-order valence-corrected chi connectivity index (χ0v) is 13.8. The number of hydrogen-bond acceptors (Lipinski definition) is 5. The molecule has 0 N–H and O–H groups in total. The SMILES string of the molecule is CC[C@H]1COCCN1Cc1ccc(OC)c(Cn2cncn2)c1. The van der Waals surface area contributed by atoms with Crippen LogP contribution in [0.5, 0.6) is 5.75 Å². The van der Waals surface area contributed by atoms with Crippen molar-refractivity contribution >= 4 is 0 Å². The van der Waals surface area contributed by atoms with Crippen LogP contribution in [0.1, 0.15) is 24.5 Å². The molecule has 1 aromatic heterocycles. The maximum atomic E-state index is 5.59. The molecule has 0 spiro atoms. The molecule has 1 fully saturated rings. The lowest BCUT2D eigenvalue weighted by molar-refractivity contribution is -0.0127. The summed E-state index contributed by atoms with van der Waals surface area (Å²) in [6, 6.07) is 6.90. The highest BCUT2D eigenvalue weighted by Crippen LogP contribution is 2.23. The first kappa shape index (κ1) is 16.0. The zero-order chi connectivity index (χ0) is 16.1. The number of benzene rings is 1. The number of aromatic nitrogens is 3. The summed E-state index contributed by atoms with van der Waals surface area (Å²) in [6.45, 7) is 6.46. The third-order valence-electron chi connectivity index (χ3n) is 4.35. The van der Waals surface area contributed by atoms with Crippen molar-refractivity contribution in [2.75, 3.05) is 26.9 Å². The lowest BCUT2D eigenvalue weighted by Crippen LogP contribution is -2.44. The Labute approximate surface area is 137 Å². The number of nitrogens with zero attached hydrogens (tertiary/aromatic N) is 4. The number of morpholine rings is 1. The topological polar surface area (TPSA) is 52.4 Å². The minimum atomic E-state index is 0.504. The van der Waals surface area contributed by atoms with E-state index in [4.69, 9.17) is 9.47 Å². The van der Waals surface area contributed by atoms with Crippen LogP contribution >= 0.6 is 0 Å². The summed E-state index contributed by atoms with van der Waals surface area (Å²) in [6.07, 6.45) is 4.39. The summed E-state index contributed by atoms with van der Waals surface area (Å²) < 4.78 is 12.9. The average molecular weight is 316 g/mol. The second-order valence-corrected chi connectivity index (χ2v) is 5.85. The van der Waals surface area contributed by atoms with Crippen LogP contribution in [0.2, 0.25) is 0 Å². The molecule has 0 amide bonds. The van der Waals surface area contributed by atoms with Gasteiger partial charge >= 0.3 is 0 Å². The van der Waals surface area contributed by atoms with Gasteiger partial charge in [-0.2, -0.15) is 5.10 Å². The van der Waals surface area contributed by atoms with Gasteiger partial charge in [-0.25, -0.2) is 9.67 Å². The first-order valence-corrected chi connectivity index (χ1v) is 8.10. The van der Waals surface area contributed by atoms with Crippen LogP contribution in [0, 0.1) is 0 Å². The van der Waals surface area contributed by atoms with Crippen LogP contribution in [0.3, 0.4) is 0 Å². The van der Waals surface area contributed by atoms with E-state index in [0.717, 1.165) is 44.0 Å². The molecule has 1 saturated heterocycles. The van der Waals surface area contributed by atoms with Crippen molar-refractivity contribution in [3.05, 3.63) is 42.0 Å². The molecule has 2 heterocycles. The molecule has 0 aliphatic carbocycles. The van der Waals surface area contributed by atoms with E-state index in [9.17, 15) is 0 Å². The minimum absolute atomic E-state index is 0.504. The van der Waals surface area contributed by atoms with Gasteiger partial charge in [0, 0.05) is 24.7 Å². The smallest absolute Gasteiger partial charge is 0.137 e. The Kier molecular flexibility index (Phi) is 5.25. The minimum Gasteiger partial charge on any atom is -0.496 e. The monoisotopic (exact) mass is 316 g/mol. The van der Waals surface area contributed by atoms with E-state index in [2.05, 4.69) is 34.0 Å². The largest absolute Gasteiger partial charge is 0.496 e. The van der Waals surface area contributed by atoms with Crippen molar-refractivity contribution in [3.63, 3.8) is 0 Å². The van der Waals surface area contributed by atoms with Gasteiger partial charge in [0.05, 0.1) is 26.9 Å². The first-order chi connectivity index (χ1) is 11.3.